The fourth-order valence-corrected chi connectivity index (χ4v) is 5.25. The van der Waals surface area contributed by atoms with Gasteiger partial charge in [0, 0.05) is 43.0 Å². The molecule has 2 N–H and O–H groups in total. The van der Waals surface area contributed by atoms with Gasteiger partial charge >= 0.3 is 0 Å². The quantitative estimate of drug-likeness (QED) is 0.637. The Labute approximate surface area is 151 Å². The van der Waals surface area contributed by atoms with Crippen LogP contribution in [0.3, 0.4) is 0 Å². The van der Waals surface area contributed by atoms with Crippen LogP contribution in [0, 0.1) is 5.92 Å². The summed E-state index contributed by atoms with van der Waals surface area (Å²) in [5, 5.41) is 21.2. The molecule has 0 aliphatic carbocycles. The van der Waals surface area contributed by atoms with Crippen LogP contribution in [0.2, 0.25) is 0 Å². The van der Waals surface area contributed by atoms with E-state index < -0.39 is 0 Å². The lowest BCUT2D eigenvalue weighted by Gasteiger charge is -2.55. The zero-order chi connectivity index (χ0) is 17.8. The molecule has 0 saturated carbocycles. The number of hydrogen-bond donors (Lipinski definition) is 2. The van der Waals surface area contributed by atoms with E-state index in [1.165, 1.54) is 0 Å². The molecule has 0 radical (unpaired) electrons. The Kier molecular flexibility index (Phi) is 3.53. The number of benzene rings is 1. The number of rotatable bonds is 2. The van der Waals surface area contributed by atoms with Crippen LogP contribution in [-0.4, -0.2) is 56.2 Å². The molecule has 1 aromatic carbocycles. The molecule has 7 nitrogen and oxygen atoms in total. The van der Waals surface area contributed by atoms with Crippen molar-refractivity contribution in [2.75, 3.05) is 6.54 Å². The first-order valence-corrected chi connectivity index (χ1v) is 9.33. The Morgan fingerprint density at radius 2 is 1.96 bits per heavy atom. The van der Waals surface area contributed by atoms with E-state index in [1.54, 1.807) is 4.68 Å². The van der Waals surface area contributed by atoms with Gasteiger partial charge in [0.1, 0.15) is 0 Å². The third kappa shape index (κ3) is 2.34. The fourth-order valence-electron chi connectivity index (χ4n) is 5.25. The third-order valence-corrected chi connectivity index (χ3v) is 6.42. The minimum atomic E-state index is -0.0791. The molecule has 136 valence electrons. The van der Waals surface area contributed by atoms with Gasteiger partial charge in [-0.25, -0.2) is 0 Å². The topological polar surface area (TPSA) is 82.8 Å². The van der Waals surface area contributed by atoms with E-state index in [1.807, 2.05) is 31.3 Å². The van der Waals surface area contributed by atoms with Crippen molar-refractivity contribution >= 4 is 22.5 Å². The van der Waals surface area contributed by atoms with Crippen LogP contribution >= 0.6 is 0 Å². The number of nitrogens with one attached hydrogen (secondary N) is 1. The van der Waals surface area contributed by atoms with E-state index in [4.69, 9.17) is 5.21 Å². The lowest BCUT2D eigenvalue weighted by molar-refractivity contribution is 0.00448. The smallest absolute Gasteiger partial charge is 0.272 e. The minimum absolute atomic E-state index is 0.0791. The number of hydrogen-bond acceptors (Lipinski definition) is 5. The standard InChI is InChI=1S/C19H23N5O2/c1-23-17-5-3-2-4-15(17)18(21-23)19(25)20-12-8-13-6-11-7-14(9-12)24(13)10-16(11)22-26/h2-5,11-14,26H,6-10H2,1H3,(H,20,25)/b22-16+. The summed E-state index contributed by atoms with van der Waals surface area (Å²) >= 11 is 0. The number of para-hydroxylation sites is 1. The van der Waals surface area contributed by atoms with Crippen molar-refractivity contribution in [3.8, 4) is 0 Å². The predicted octanol–water partition coefficient (Wildman–Crippen LogP) is 1.76. The summed E-state index contributed by atoms with van der Waals surface area (Å²) in [6.07, 6.45) is 3.99. The van der Waals surface area contributed by atoms with Gasteiger partial charge in [0.2, 0.25) is 0 Å². The fraction of sp³-hybridized carbons (Fsp3) is 0.526. The molecule has 4 aliphatic rings. The van der Waals surface area contributed by atoms with E-state index in [0.29, 0.717) is 23.7 Å². The van der Waals surface area contributed by atoms with Crippen molar-refractivity contribution in [1.82, 2.24) is 20.0 Å². The SMILES string of the molecule is Cn1nc(C(=O)NC2CC3CC4CC(C2)N3C/C4=N\O)c2ccccc21. The highest BCUT2D eigenvalue weighted by molar-refractivity contribution is 6.05. The molecule has 26 heavy (non-hydrogen) atoms. The van der Waals surface area contributed by atoms with Gasteiger partial charge in [0.05, 0.1) is 11.2 Å². The molecule has 6 rings (SSSR count). The van der Waals surface area contributed by atoms with Crippen LogP contribution in [0.4, 0.5) is 0 Å². The van der Waals surface area contributed by atoms with Crippen LogP contribution in [0.15, 0.2) is 29.4 Å². The zero-order valence-electron chi connectivity index (χ0n) is 14.8. The monoisotopic (exact) mass is 353 g/mol. The van der Waals surface area contributed by atoms with Crippen molar-refractivity contribution < 1.29 is 10.0 Å². The van der Waals surface area contributed by atoms with Crippen LogP contribution in [0.5, 0.6) is 0 Å². The molecule has 4 aliphatic heterocycles. The van der Waals surface area contributed by atoms with Gasteiger partial charge in [0.15, 0.2) is 5.69 Å². The maximum atomic E-state index is 12.9. The maximum absolute atomic E-state index is 12.9. The Morgan fingerprint density at radius 3 is 2.65 bits per heavy atom. The van der Waals surface area contributed by atoms with Crippen LogP contribution < -0.4 is 5.32 Å². The molecule has 4 bridgehead atoms. The van der Waals surface area contributed by atoms with Crippen molar-refractivity contribution in [2.45, 2.75) is 43.8 Å². The second-order valence-electron chi connectivity index (χ2n) is 7.87. The molecule has 7 heteroatoms. The molecule has 2 atom stereocenters. The second-order valence-corrected chi connectivity index (χ2v) is 7.87. The molecular formula is C19H23N5O2. The highest BCUT2D eigenvalue weighted by Gasteiger charge is 2.48. The average molecular weight is 353 g/mol. The van der Waals surface area contributed by atoms with Gasteiger partial charge in [-0.3, -0.25) is 14.4 Å². The summed E-state index contributed by atoms with van der Waals surface area (Å²) in [6, 6.07) is 8.97. The van der Waals surface area contributed by atoms with Crippen LogP contribution in [-0.2, 0) is 7.05 Å². The molecule has 4 saturated heterocycles. The number of amides is 1. The summed E-state index contributed by atoms with van der Waals surface area (Å²) in [5.74, 6) is 0.334. The van der Waals surface area contributed by atoms with Gasteiger partial charge < -0.3 is 10.5 Å². The van der Waals surface area contributed by atoms with E-state index in [0.717, 1.165) is 48.8 Å². The molecule has 0 spiro atoms. The lowest BCUT2D eigenvalue weighted by atomic mass is 9.71. The maximum Gasteiger partial charge on any atom is 0.272 e. The summed E-state index contributed by atoms with van der Waals surface area (Å²) < 4.78 is 1.76. The number of oxime groups is 1. The Morgan fingerprint density at radius 1 is 1.23 bits per heavy atom. The van der Waals surface area contributed by atoms with E-state index in [9.17, 15) is 4.79 Å². The molecule has 2 aromatic rings. The zero-order valence-corrected chi connectivity index (χ0v) is 14.8. The first-order valence-electron chi connectivity index (χ1n) is 9.33. The number of aromatic nitrogens is 2. The van der Waals surface area contributed by atoms with Gasteiger partial charge in [-0.15, -0.1) is 0 Å². The molecule has 4 fully saturated rings. The first-order chi connectivity index (χ1) is 12.6. The van der Waals surface area contributed by atoms with Gasteiger partial charge in [0.25, 0.3) is 5.91 Å². The lowest BCUT2D eigenvalue weighted by Crippen LogP contribution is -2.64. The average Bonchev–Trinajstić information content (AvgIpc) is 2.98. The van der Waals surface area contributed by atoms with Crippen molar-refractivity contribution in [3.05, 3.63) is 30.0 Å². The minimum Gasteiger partial charge on any atom is -0.411 e. The number of piperidine rings is 4. The Balaban J connectivity index is 1.33. The number of fused-ring (bicyclic) bond motifs is 2. The molecule has 2 unspecified atom stereocenters. The van der Waals surface area contributed by atoms with Crippen LogP contribution in [0.25, 0.3) is 10.9 Å². The largest absolute Gasteiger partial charge is 0.411 e. The van der Waals surface area contributed by atoms with Gasteiger partial charge in [-0.1, -0.05) is 23.4 Å². The number of nitrogens with zero attached hydrogens (tertiary/aromatic N) is 4. The highest BCUT2D eigenvalue weighted by atomic mass is 16.4. The third-order valence-electron chi connectivity index (χ3n) is 6.42. The summed E-state index contributed by atoms with van der Waals surface area (Å²) in [4.78, 5) is 15.3. The van der Waals surface area contributed by atoms with Crippen molar-refractivity contribution in [2.24, 2.45) is 18.1 Å². The van der Waals surface area contributed by atoms with E-state index >= 15 is 0 Å². The first kappa shape index (κ1) is 15.8. The van der Waals surface area contributed by atoms with E-state index in [-0.39, 0.29) is 11.9 Å². The molecule has 5 heterocycles. The summed E-state index contributed by atoms with van der Waals surface area (Å²) in [6.45, 7) is 0.780. The molecular weight excluding hydrogens is 330 g/mol. The number of carbonyl (C=O) groups is 1. The molecule has 1 amide bonds. The Hall–Kier alpha value is -2.41. The second kappa shape index (κ2) is 5.81. The Bertz CT molecular complexity index is 888. The van der Waals surface area contributed by atoms with Crippen molar-refractivity contribution in [1.29, 1.82) is 0 Å². The van der Waals surface area contributed by atoms with E-state index in [2.05, 4.69) is 20.5 Å². The summed E-state index contributed by atoms with van der Waals surface area (Å²) in [5.41, 5.74) is 2.41. The van der Waals surface area contributed by atoms with Gasteiger partial charge in [-0.2, -0.15) is 5.10 Å². The number of aryl methyl sites for hydroxylation is 1. The normalized spacial score (nSPS) is 34.3. The molecule has 1 aromatic heterocycles. The number of carbonyl (C=O) groups excluding carboxylic acids is 1. The highest BCUT2D eigenvalue weighted by Crippen LogP contribution is 2.41. The summed E-state index contributed by atoms with van der Waals surface area (Å²) in [7, 11) is 1.87. The van der Waals surface area contributed by atoms with Crippen molar-refractivity contribution in [3.63, 3.8) is 0 Å². The predicted molar refractivity (Wildman–Crippen MR) is 97.4 cm³/mol. The van der Waals surface area contributed by atoms with Crippen LogP contribution in [0.1, 0.15) is 36.2 Å². The van der Waals surface area contributed by atoms with Gasteiger partial charge in [-0.05, 0) is 31.7 Å².